The summed E-state index contributed by atoms with van der Waals surface area (Å²) in [5.41, 5.74) is 11.7. The normalized spacial score (nSPS) is 20.8. The molecule has 2 aromatic rings. The van der Waals surface area contributed by atoms with Gasteiger partial charge in [0.2, 0.25) is 0 Å². The molecule has 1 aromatic carbocycles. The summed E-state index contributed by atoms with van der Waals surface area (Å²) in [5.74, 6) is 0.837. The summed E-state index contributed by atoms with van der Waals surface area (Å²) in [6.07, 6.45) is 9.71. The van der Waals surface area contributed by atoms with Crippen molar-refractivity contribution in [2.45, 2.75) is 51.5 Å². The van der Waals surface area contributed by atoms with Crippen LogP contribution in [0.4, 0.5) is 11.5 Å². The van der Waals surface area contributed by atoms with E-state index in [0.717, 1.165) is 24.3 Å². The van der Waals surface area contributed by atoms with Gasteiger partial charge in [-0.15, -0.1) is 0 Å². The maximum atomic E-state index is 8.82. The number of likely N-dealkylation sites (N-methyl/N-ethyl adjacent to an activating group) is 1. The molecular formula is C24H30N6. The number of allylic oxidation sites excluding steroid dienone is 1. The predicted molar refractivity (Wildman–Crippen MR) is 121 cm³/mol. The number of anilines is 2. The summed E-state index contributed by atoms with van der Waals surface area (Å²) in [6, 6.07) is 8.01. The van der Waals surface area contributed by atoms with Crippen LogP contribution in [0.5, 0.6) is 0 Å². The Bertz CT molecular complexity index is 1050. The van der Waals surface area contributed by atoms with Crippen molar-refractivity contribution in [3.05, 3.63) is 59.3 Å². The second kappa shape index (κ2) is 6.56. The molecule has 156 valence electrons. The number of hydrogen-bond donors (Lipinski definition) is 2. The van der Waals surface area contributed by atoms with Crippen LogP contribution >= 0.6 is 0 Å². The van der Waals surface area contributed by atoms with Gasteiger partial charge in [-0.2, -0.15) is 0 Å². The number of nitrogens with two attached hydrogens (primary N) is 1. The van der Waals surface area contributed by atoms with E-state index in [1.807, 2.05) is 12.1 Å². The van der Waals surface area contributed by atoms with E-state index < -0.39 is 0 Å². The van der Waals surface area contributed by atoms with Crippen LogP contribution in [0.2, 0.25) is 0 Å². The Balaban J connectivity index is 1.43. The number of nitrogens with zero attached hydrogens (tertiary/aromatic N) is 4. The van der Waals surface area contributed by atoms with Crippen LogP contribution in [-0.4, -0.2) is 39.7 Å². The fourth-order valence-corrected chi connectivity index (χ4v) is 4.53. The average Bonchev–Trinajstić information content (AvgIpc) is 3.66. The zero-order valence-corrected chi connectivity index (χ0v) is 18.1. The molecule has 0 unspecified atom stereocenters. The average molecular weight is 403 g/mol. The lowest BCUT2D eigenvalue weighted by molar-refractivity contribution is 0.271. The van der Waals surface area contributed by atoms with Crippen molar-refractivity contribution >= 4 is 17.2 Å². The largest absolute Gasteiger partial charge is 0.398 e. The molecule has 2 aliphatic carbocycles. The third-order valence-corrected chi connectivity index (χ3v) is 7.20. The summed E-state index contributed by atoms with van der Waals surface area (Å²) in [4.78, 5) is 13.5. The van der Waals surface area contributed by atoms with Gasteiger partial charge in [-0.1, -0.05) is 13.0 Å². The molecule has 5 rings (SSSR count). The summed E-state index contributed by atoms with van der Waals surface area (Å²) in [6.45, 7) is 5.38. The second-order valence-electron chi connectivity index (χ2n) is 9.73. The minimum absolute atomic E-state index is 0.231. The molecule has 0 radical (unpaired) electrons. The van der Waals surface area contributed by atoms with Crippen molar-refractivity contribution in [1.29, 1.82) is 5.41 Å². The Hall–Kier alpha value is -2.89. The van der Waals surface area contributed by atoms with Crippen LogP contribution in [0.1, 0.15) is 56.4 Å². The highest BCUT2D eigenvalue weighted by Gasteiger charge is 2.49. The standard InChI is InChI=1S/C24H30N6/c1-16-13-30(14-24(8-9-24)29(16)3)21-11-20(27-15-28-21)22(26)18-10-17(4-5-19(18)25)12-23(2)6-7-23/h4-5,10-11,13,15,26H,6-9,12,14,25H2,1-3H3. The lowest BCUT2D eigenvalue weighted by Gasteiger charge is -2.40. The Labute approximate surface area is 178 Å². The highest BCUT2D eigenvalue weighted by Crippen LogP contribution is 2.48. The number of benzene rings is 1. The van der Waals surface area contributed by atoms with Crippen molar-refractivity contribution in [2.75, 3.05) is 24.2 Å². The minimum atomic E-state index is 0.231. The molecule has 3 N–H and O–H groups in total. The number of nitrogen functional groups attached to an aromatic ring is 1. The summed E-state index contributed by atoms with van der Waals surface area (Å²) in [5, 5.41) is 8.82. The van der Waals surface area contributed by atoms with E-state index in [0.29, 0.717) is 22.5 Å². The van der Waals surface area contributed by atoms with E-state index in [4.69, 9.17) is 11.1 Å². The van der Waals surface area contributed by atoms with E-state index in [1.54, 1.807) is 6.33 Å². The molecule has 6 nitrogen and oxygen atoms in total. The van der Waals surface area contributed by atoms with E-state index in [-0.39, 0.29) is 5.54 Å². The first-order valence-electron chi connectivity index (χ1n) is 10.8. The van der Waals surface area contributed by atoms with Crippen molar-refractivity contribution in [3.8, 4) is 0 Å². The zero-order valence-electron chi connectivity index (χ0n) is 18.1. The lowest BCUT2D eigenvalue weighted by atomic mass is 9.95. The fraction of sp³-hybridized carbons (Fsp3) is 0.458. The van der Waals surface area contributed by atoms with Gasteiger partial charge in [0.05, 0.1) is 16.9 Å². The molecule has 3 aliphatic rings. The van der Waals surface area contributed by atoms with Gasteiger partial charge in [0.1, 0.15) is 12.1 Å². The highest BCUT2D eigenvalue weighted by molar-refractivity contribution is 6.13. The number of rotatable bonds is 5. The Morgan fingerprint density at radius 3 is 2.63 bits per heavy atom. The molecular weight excluding hydrogens is 372 g/mol. The van der Waals surface area contributed by atoms with Gasteiger partial charge in [0, 0.05) is 42.8 Å². The van der Waals surface area contributed by atoms with Crippen molar-refractivity contribution in [3.63, 3.8) is 0 Å². The maximum absolute atomic E-state index is 8.82. The Morgan fingerprint density at radius 1 is 1.17 bits per heavy atom. The molecule has 0 bridgehead atoms. The first-order valence-corrected chi connectivity index (χ1v) is 10.8. The molecule has 1 spiro atoms. The molecule has 2 saturated carbocycles. The third-order valence-electron chi connectivity index (χ3n) is 7.20. The van der Waals surface area contributed by atoms with Crippen LogP contribution in [0.3, 0.4) is 0 Å². The van der Waals surface area contributed by atoms with Crippen molar-refractivity contribution < 1.29 is 0 Å². The van der Waals surface area contributed by atoms with Crippen LogP contribution < -0.4 is 10.6 Å². The Kier molecular flexibility index (Phi) is 4.17. The van der Waals surface area contributed by atoms with Crippen molar-refractivity contribution in [2.24, 2.45) is 5.41 Å². The molecule has 0 atom stereocenters. The summed E-state index contributed by atoms with van der Waals surface area (Å²) in [7, 11) is 2.18. The molecule has 1 aromatic heterocycles. The van der Waals surface area contributed by atoms with Gasteiger partial charge in [-0.3, -0.25) is 5.41 Å². The molecule has 30 heavy (non-hydrogen) atoms. The fourth-order valence-electron chi connectivity index (χ4n) is 4.53. The summed E-state index contributed by atoms with van der Waals surface area (Å²) < 4.78 is 0. The Morgan fingerprint density at radius 2 is 1.93 bits per heavy atom. The highest BCUT2D eigenvalue weighted by atomic mass is 15.3. The summed E-state index contributed by atoms with van der Waals surface area (Å²) >= 11 is 0. The molecule has 6 heteroatoms. The minimum Gasteiger partial charge on any atom is -0.398 e. The van der Waals surface area contributed by atoms with Crippen LogP contribution in [0.15, 0.2) is 42.5 Å². The lowest BCUT2D eigenvalue weighted by Crippen LogP contribution is -2.46. The van der Waals surface area contributed by atoms with E-state index >= 15 is 0 Å². The smallest absolute Gasteiger partial charge is 0.136 e. The van der Waals surface area contributed by atoms with Gasteiger partial charge in [-0.05, 0) is 62.1 Å². The molecule has 1 aliphatic heterocycles. The van der Waals surface area contributed by atoms with Crippen LogP contribution in [-0.2, 0) is 6.42 Å². The van der Waals surface area contributed by atoms with Crippen LogP contribution in [0.25, 0.3) is 0 Å². The monoisotopic (exact) mass is 402 g/mol. The first kappa shape index (κ1) is 19.1. The van der Waals surface area contributed by atoms with E-state index in [2.05, 4.69) is 59.0 Å². The molecule has 2 heterocycles. The van der Waals surface area contributed by atoms with Gasteiger partial charge in [-0.25, -0.2) is 9.97 Å². The van der Waals surface area contributed by atoms with Crippen LogP contribution in [0, 0.1) is 10.8 Å². The zero-order chi connectivity index (χ0) is 21.1. The number of hydrogen-bond acceptors (Lipinski definition) is 6. The van der Waals surface area contributed by atoms with Gasteiger partial charge < -0.3 is 15.5 Å². The molecule has 2 fully saturated rings. The quantitative estimate of drug-likeness (QED) is 0.584. The number of nitrogens with one attached hydrogen (secondary N) is 1. The first-order chi connectivity index (χ1) is 14.3. The second-order valence-corrected chi connectivity index (χ2v) is 9.73. The molecule has 0 saturated heterocycles. The predicted octanol–water partition coefficient (Wildman–Crippen LogP) is 3.96. The molecule has 0 amide bonds. The third kappa shape index (κ3) is 3.34. The van der Waals surface area contributed by atoms with Gasteiger partial charge >= 0.3 is 0 Å². The van der Waals surface area contributed by atoms with Crippen molar-refractivity contribution in [1.82, 2.24) is 14.9 Å². The maximum Gasteiger partial charge on any atom is 0.136 e. The SMILES string of the molecule is CC1=CN(c2cc(C(=N)c3cc(CC4(C)CC4)ccc3N)ncn2)CC2(CC2)N1C. The number of aromatic nitrogens is 2. The van der Waals surface area contributed by atoms with Gasteiger partial charge in [0.15, 0.2) is 0 Å². The van der Waals surface area contributed by atoms with E-state index in [9.17, 15) is 0 Å². The topological polar surface area (TPSA) is 82.1 Å². The van der Waals surface area contributed by atoms with E-state index in [1.165, 1.54) is 36.9 Å². The van der Waals surface area contributed by atoms with Gasteiger partial charge in [0.25, 0.3) is 0 Å².